The summed E-state index contributed by atoms with van der Waals surface area (Å²) in [5.74, 6) is 0.520. The van der Waals surface area contributed by atoms with Crippen molar-refractivity contribution < 1.29 is 24.6 Å². The lowest BCUT2D eigenvalue weighted by atomic mass is 10.1. The maximum atomic E-state index is 10.9. The van der Waals surface area contributed by atoms with Gasteiger partial charge in [-0.3, -0.25) is 15.1 Å². The summed E-state index contributed by atoms with van der Waals surface area (Å²) in [5.41, 5.74) is 0.101. The Hall–Kier alpha value is -3.29. The molecule has 0 aliphatic rings. The molecule has 0 unspecified atom stereocenters. The summed E-state index contributed by atoms with van der Waals surface area (Å²) in [6, 6.07) is 6.62. The number of ether oxygens (including phenoxy) is 2. The molecule has 144 valence electrons. The van der Waals surface area contributed by atoms with E-state index in [1.54, 1.807) is 6.07 Å². The fraction of sp³-hybridized carbons (Fsp3) is 0.316. The minimum Gasteiger partial charge on any atom is -0.507 e. The molecule has 0 atom stereocenters. The van der Waals surface area contributed by atoms with Crippen LogP contribution in [0.15, 0.2) is 35.3 Å². The van der Waals surface area contributed by atoms with Gasteiger partial charge in [-0.1, -0.05) is 13.8 Å². The van der Waals surface area contributed by atoms with Gasteiger partial charge in [-0.25, -0.2) is 0 Å². The number of non-ortho nitro benzene ring substituents is 1. The highest BCUT2D eigenvalue weighted by atomic mass is 16.6. The minimum absolute atomic E-state index is 0.0105. The Balaban J connectivity index is 2.40. The first-order valence-corrected chi connectivity index (χ1v) is 8.60. The van der Waals surface area contributed by atoms with Crippen LogP contribution >= 0.6 is 0 Å². The normalized spacial score (nSPS) is 10.9. The largest absolute Gasteiger partial charge is 0.507 e. The van der Waals surface area contributed by atoms with Gasteiger partial charge in [-0.2, -0.15) is 0 Å². The molecule has 0 aromatic heterocycles. The lowest BCUT2D eigenvalue weighted by Crippen LogP contribution is -2.01. The number of phenols is 2. The Morgan fingerprint density at radius 2 is 1.78 bits per heavy atom. The molecule has 0 amide bonds. The monoisotopic (exact) mass is 374 g/mol. The van der Waals surface area contributed by atoms with Crippen molar-refractivity contribution >= 4 is 17.6 Å². The van der Waals surface area contributed by atoms with Crippen LogP contribution < -0.4 is 9.47 Å². The number of aromatic hydroxyl groups is 2. The molecule has 2 N–H and O–H groups in total. The Morgan fingerprint density at radius 1 is 1.07 bits per heavy atom. The molecule has 8 heteroatoms. The van der Waals surface area contributed by atoms with Crippen molar-refractivity contribution in [1.29, 1.82) is 0 Å². The van der Waals surface area contributed by atoms with E-state index in [9.17, 15) is 20.3 Å². The van der Waals surface area contributed by atoms with Crippen LogP contribution in [0, 0.1) is 10.1 Å². The van der Waals surface area contributed by atoms with E-state index in [-0.39, 0.29) is 22.9 Å². The lowest BCUT2D eigenvalue weighted by Gasteiger charge is -2.13. The maximum absolute atomic E-state index is 10.9. The van der Waals surface area contributed by atoms with Crippen molar-refractivity contribution in [3.63, 3.8) is 0 Å². The molecule has 8 nitrogen and oxygen atoms in total. The number of phenolic OH excluding ortho intramolecular Hbond substituents is 2. The first-order valence-electron chi connectivity index (χ1n) is 8.60. The number of hydrogen-bond acceptors (Lipinski definition) is 7. The molecule has 0 heterocycles. The van der Waals surface area contributed by atoms with Gasteiger partial charge in [0.15, 0.2) is 0 Å². The van der Waals surface area contributed by atoms with E-state index >= 15 is 0 Å². The van der Waals surface area contributed by atoms with Gasteiger partial charge in [0.05, 0.1) is 23.7 Å². The molecule has 27 heavy (non-hydrogen) atoms. The molecule has 0 saturated heterocycles. The third-order valence-electron chi connectivity index (χ3n) is 3.53. The summed E-state index contributed by atoms with van der Waals surface area (Å²) in [5, 5.41) is 31.1. The molecule has 2 aromatic rings. The third kappa shape index (κ3) is 5.34. The van der Waals surface area contributed by atoms with E-state index in [1.165, 1.54) is 24.4 Å². The van der Waals surface area contributed by atoms with Gasteiger partial charge in [-0.15, -0.1) is 0 Å². The van der Waals surface area contributed by atoms with Crippen molar-refractivity contribution in [2.45, 2.75) is 26.7 Å². The van der Waals surface area contributed by atoms with E-state index in [4.69, 9.17) is 9.47 Å². The number of nitro groups is 1. The van der Waals surface area contributed by atoms with Gasteiger partial charge in [0.2, 0.25) is 0 Å². The number of benzene rings is 2. The zero-order valence-electron chi connectivity index (χ0n) is 15.2. The molecule has 0 aliphatic carbocycles. The van der Waals surface area contributed by atoms with Crippen LogP contribution in [0.1, 0.15) is 32.3 Å². The number of nitro benzene ring substituents is 1. The second-order valence-corrected chi connectivity index (χ2v) is 5.74. The first-order chi connectivity index (χ1) is 13.0. The maximum Gasteiger partial charge on any atom is 0.271 e. The average molecular weight is 374 g/mol. The van der Waals surface area contributed by atoms with E-state index < -0.39 is 4.92 Å². The number of rotatable bonds is 9. The number of hydrogen-bond donors (Lipinski definition) is 2. The lowest BCUT2D eigenvalue weighted by molar-refractivity contribution is -0.384. The van der Waals surface area contributed by atoms with Crippen LogP contribution in [0.25, 0.3) is 0 Å². The van der Waals surface area contributed by atoms with Crippen LogP contribution in [0.3, 0.4) is 0 Å². The van der Waals surface area contributed by atoms with E-state index in [2.05, 4.69) is 4.99 Å². The molecular weight excluding hydrogens is 352 g/mol. The fourth-order valence-electron chi connectivity index (χ4n) is 2.21. The van der Waals surface area contributed by atoms with Gasteiger partial charge >= 0.3 is 0 Å². The number of aliphatic imine (C=N–C) groups is 1. The second kappa shape index (κ2) is 9.42. The van der Waals surface area contributed by atoms with Gasteiger partial charge in [-0.05, 0) is 18.9 Å². The summed E-state index contributed by atoms with van der Waals surface area (Å²) in [7, 11) is 0. The highest BCUT2D eigenvalue weighted by Gasteiger charge is 2.13. The SMILES string of the molecule is CCCOc1cc(O)c(C=Nc2cc([N+](=O)[O-])ccc2O)c(OCCC)c1. The standard InChI is InChI=1S/C19H22N2O6/c1-3-7-26-14-10-18(23)15(19(11-14)27-8-4-2)12-20-16-9-13(21(24)25)5-6-17(16)22/h5-6,9-12,22-23H,3-4,7-8H2,1-2H3. The van der Waals surface area contributed by atoms with Crippen LogP contribution in [0.5, 0.6) is 23.0 Å². The summed E-state index contributed by atoms with van der Waals surface area (Å²) >= 11 is 0. The van der Waals surface area contributed by atoms with Crippen LogP contribution in [0.2, 0.25) is 0 Å². The molecule has 0 aliphatic heterocycles. The zero-order chi connectivity index (χ0) is 19.8. The van der Waals surface area contributed by atoms with Gasteiger partial charge in [0, 0.05) is 30.5 Å². The molecule has 2 aromatic carbocycles. The summed E-state index contributed by atoms with van der Waals surface area (Å²) in [4.78, 5) is 14.4. The van der Waals surface area contributed by atoms with Crippen LogP contribution in [-0.4, -0.2) is 34.6 Å². The molecule has 2 rings (SSSR count). The summed E-state index contributed by atoms with van der Waals surface area (Å²) < 4.78 is 11.2. The fourth-order valence-corrected chi connectivity index (χ4v) is 2.21. The Labute approximate surface area is 156 Å². The van der Waals surface area contributed by atoms with Crippen LogP contribution in [-0.2, 0) is 0 Å². The van der Waals surface area contributed by atoms with Crippen molar-refractivity contribution in [2.24, 2.45) is 4.99 Å². The van der Waals surface area contributed by atoms with Gasteiger partial charge < -0.3 is 19.7 Å². The smallest absolute Gasteiger partial charge is 0.271 e. The Kier molecular flexibility index (Phi) is 6.99. The van der Waals surface area contributed by atoms with Gasteiger partial charge in [0.1, 0.15) is 28.7 Å². The Morgan fingerprint density at radius 3 is 2.44 bits per heavy atom. The predicted molar refractivity (Wildman–Crippen MR) is 102 cm³/mol. The quantitative estimate of drug-likeness (QED) is 0.383. The molecular formula is C19H22N2O6. The average Bonchev–Trinajstić information content (AvgIpc) is 2.64. The van der Waals surface area contributed by atoms with Crippen LogP contribution in [0.4, 0.5) is 11.4 Å². The Bertz CT molecular complexity index is 835. The topological polar surface area (TPSA) is 114 Å². The molecule has 0 bridgehead atoms. The highest BCUT2D eigenvalue weighted by molar-refractivity contribution is 5.90. The van der Waals surface area contributed by atoms with Crippen molar-refractivity contribution in [3.8, 4) is 23.0 Å². The third-order valence-corrected chi connectivity index (χ3v) is 3.53. The van der Waals surface area contributed by atoms with Crippen molar-refractivity contribution in [2.75, 3.05) is 13.2 Å². The summed E-state index contributed by atoms with van der Waals surface area (Å²) in [6.07, 6.45) is 2.88. The molecule has 0 fully saturated rings. The molecule has 0 radical (unpaired) electrons. The first kappa shape index (κ1) is 20.0. The van der Waals surface area contributed by atoms with E-state index in [0.29, 0.717) is 30.3 Å². The molecule has 0 spiro atoms. The van der Waals surface area contributed by atoms with Crippen molar-refractivity contribution in [3.05, 3.63) is 46.0 Å². The molecule has 0 saturated carbocycles. The zero-order valence-corrected chi connectivity index (χ0v) is 15.2. The highest BCUT2D eigenvalue weighted by Crippen LogP contribution is 2.35. The van der Waals surface area contributed by atoms with Gasteiger partial charge in [0.25, 0.3) is 5.69 Å². The second-order valence-electron chi connectivity index (χ2n) is 5.74. The number of nitrogens with zero attached hydrogens (tertiary/aromatic N) is 2. The van der Waals surface area contributed by atoms with Crippen molar-refractivity contribution in [1.82, 2.24) is 0 Å². The van der Waals surface area contributed by atoms with E-state index in [1.807, 2.05) is 13.8 Å². The summed E-state index contributed by atoms with van der Waals surface area (Å²) in [6.45, 7) is 4.86. The van der Waals surface area contributed by atoms with E-state index in [0.717, 1.165) is 18.9 Å². The minimum atomic E-state index is -0.578. The predicted octanol–water partition coefficient (Wildman–Crippen LogP) is 4.33.